The summed E-state index contributed by atoms with van der Waals surface area (Å²) in [5.41, 5.74) is 0. The number of nitrogens with zero attached hydrogens (tertiary/aromatic N) is 1. The molecule has 1 saturated heterocycles. The molecular weight excluding hydrogens is 272 g/mol. The first-order valence-electron chi connectivity index (χ1n) is 5.30. The van der Waals surface area contributed by atoms with Gasteiger partial charge in [-0.05, 0) is 58.8 Å². The van der Waals surface area contributed by atoms with Gasteiger partial charge < -0.3 is 5.32 Å². The minimum Gasteiger partial charge on any atom is -0.367 e. The standard InChI is InChI=1S/C11H15BrN2S/c12-9-3-4-11(13-8-9)14-10-2-1-6-15-7-5-10/h3-4,8,10H,1-2,5-7H2,(H,13,14). The Kier molecular flexibility index (Phi) is 4.32. The quantitative estimate of drug-likeness (QED) is 0.900. The van der Waals surface area contributed by atoms with Crippen LogP contribution in [0.3, 0.4) is 0 Å². The van der Waals surface area contributed by atoms with Crippen molar-refractivity contribution in [2.24, 2.45) is 0 Å². The van der Waals surface area contributed by atoms with Crippen LogP contribution in [0.4, 0.5) is 5.82 Å². The summed E-state index contributed by atoms with van der Waals surface area (Å²) >= 11 is 5.45. The second-order valence-electron chi connectivity index (χ2n) is 3.75. The second kappa shape index (κ2) is 5.75. The topological polar surface area (TPSA) is 24.9 Å². The van der Waals surface area contributed by atoms with Crippen molar-refractivity contribution in [2.75, 3.05) is 16.8 Å². The molecule has 1 unspecified atom stereocenters. The van der Waals surface area contributed by atoms with E-state index in [0.717, 1.165) is 10.3 Å². The molecule has 1 aliphatic rings. The maximum absolute atomic E-state index is 4.34. The number of pyridine rings is 1. The van der Waals surface area contributed by atoms with Crippen molar-refractivity contribution in [2.45, 2.75) is 25.3 Å². The predicted molar refractivity (Wildman–Crippen MR) is 70.5 cm³/mol. The van der Waals surface area contributed by atoms with Crippen molar-refractivity contribution in [1.29, 1.82) is 0 Å². The average molecular weight is 287 g/mol. The molecule has 2 rings (SSSR count). The van der Waals surface area contributed by atoms with Gasteiger partial charge in [-0.3, -0.25) is 0 Å². The molecule has 2 nitrogen and oxygen atoms in total. The zero-order valence-electron chi connectivity index (χ0n) is 8.58. The molecule has 0 saturated carbocycles. The molecule has 82 valence electrons. The van der Waals surface area contributed by atoms with Crippen LogP contribution in [0.25, 0.3) is 0 Å². The molecule has 0 bridgehead atoms. The Morgan fingerprint density at radius 1 is 1.33 bits per heavy atom. The van der Waals surface area contributed by atoms with Gasteiger partial charge in [-0.2, -0.15) is 11.8 Å². The zero-order chi connectivity index (χ0) is 10.5. The normalized spacial score (nSPS) is 22.1. The summed E-state index contributed by atoms with van der Waals surface area (Å²) in [6, 6.07) is 4.66. The zero-order valence-corrected chi connectivity index (χ0v) is 11.0. The first-order chi connectivity index (χ1) is 7.34. The summed E-state index contributed by atoms with van der Waals surface area (Å²) in [5, 5.41) is 3.50. The first kappa shape index (κ1) is 11.3. The van der Waals surface area contributed by atoms with Gasteiger partial charge in [-0.15, -0.1) is 0 Å². The minimum atomic E-state index is 0.605. The lowest BCUT2D eigenvalue weighted by atomic mass is 10.1. The van der Waals surface area contributed by atoms with E-state index in [9.17, 15) is 0 Å². The van der Waals surface area contributed by atoms with Gasteiger partial charge in [-0.1, -0.05) is 0 Å². The van der Waals surface area contributed by atoms with E-state index >= 15 is 0 Å². The van der Waals surface area contributed by atoms with E-state index in [1.165, 1.54) is 30.8 Å². The molecule has 1 aliphatic heterocycles. The van der Waals surface area contributed by atoms with Crippen molar-refractivity contribution in [3.8, 4) is 0 Å². The summed E-state index contributed by atoms with van der Waals surface area (Å²) in [6.07, 6.45) is 5.68. The van der Waals surface area contributed by atoms with Crippen LogP contribution in [-0.4, -0.2) is 22.5 Å². The lowest BCUT2D eigenvalue weighted by molar-refractivity contribution is 0.638. The van der Waals surface area contributed by atoms with Crippen LogP contribution >= 0.6 is 27.7 Å². The van der Waals surface area contributed by atoms with Crippen LogP contribution < -0.4 is 5.32 Å². The van der Waals surface area contributed by atoms with Crippen LogP contribution in [0, 0.1) is 0 Å². The van der Waals surface area contributed by atoms with Crippen molar-refractivity contribution >= 4 is 33.5 Å². The van der Waals surface area contributed by atoms with Gasteiger partial charge in [0.05, 0.1) is 0 Å². The fourth-order valence-electron chi connectivity index (χ4n) is 1.72. The van der Waals surface area contributed by atoms with Crippen molar-refractivity contribution in [1.82, 2.24) is 4.98 Å². The highest BCUT2D eigenvalue weighted by Crippen LogP contribution is 2.20. The fraction of sp³-hybridized carbons (Fsp3) is 0.545. The summed E-state index contributed by atoms with van der Waals surface area (Å²) < 4.78 is 1.03. The van der Waals surface area contributed by atoms with Crippen LogP contribution in [-0.2, 0) is 0 Å². The average Bonchev–Trinajstić information content (AvgIpc) is 2.50. The van der Waals surface area contributed by atoms with Gasteiger partial charge >= 0.3 is 0 Å². The Morgan fingerprint density at radius 3 is 3.07 bits per heavy atom. The Bertz CT molecular complexity index is 294. The predicted octanol–water partition coefficient (Wildman–Crippen LogP) is 3.54. The van der Waals surface area contributed by atoms with Crippen LogP contribution in [0.1, 0.15) is 19.3 Å². The number of thioether (sulfide) groups is 1. The van der Waals surface area contributed by atoms with E-state index in [4.69, 9.17) is 0 Å². The van der Waals surface area contributed by atoms with Crippen LogP contribution in [0.2, 0.25) is 0 Å². The molecule has 4 heteroatoms. The highest BCUT2D eigenvalue weighted by molar-refractivity contribution is 9.10. The molecule has 0 spiro atoms. The SMILES string of the molecule is Brc1ccc(NC2CCCSCC2)nc1. The summed E-state index contributed by atoms with van der Waals surface area (Å²) in [7, 11) is 0. The molecule has 1 aromatic heterocycles. The molecule has 1 atom stereocenters. The van der Waals surface area contributed by atoms with Crippen molar-refractivity contribution in [3.63, 3.8) is 0 Å². The summed E-state index contributed by atoms with van der Waals surface area (Å²) in [6.45, 7) is 0. The van der Waals surface area contributed by atoms with Gasteiger partial charge in [0.15, 0.2) is 0 Å². The van der Waals surface area contributed by atoms with Gasteiger partial charge in [-0.25, -0.2) is 4.98 Å². The van der Waals surface area contributed by atoms with E-state index in [-0.39, 0.29) is 0 Å². The second-order valence-corrected chi connectivity index (χ2v) is 5.89. The Morgan fingerprint density at radius 2 is 2.27 bits per heavy atom. The summed E-state index contributed by atoms with van der Waals surface area (Å²) in [5.74, 6) is 3.58. The third kappa shape index (κ3) is 3.68. The molecule has 0 amide bonds. The Balaban J connectivity index is 1.92. The first-order valence-corrected chi connectivity index (χ1v) is 7.25. The maximum atomic E-state index is 4.34. The molecule has 0 radical (unpaired) electrons. The smallest absolute Gasteiger partial charge is 0.126 e. The van der Waals surface area contributed by atoms with Crippen molar-refractivity contribution < 1.29 is 0 Å². The number of aromatic nitrogens is 1. The van der Waals surface area contributed by atoms with Crippen LogP contribution in [0.5, 0.6) is 0 Å². The van der Waals surface area contributed by atoms with E-state index in [2.05, 4.69) is 38.0 Å². The van der Waals surface area contributed by atoms with E-state index in [0.29, 0.717) is 6.04 Å². The van der Waals surface area contributed by atoms with Gasteiger partial charge in [0.1, 0.15) is 5.82 Å². The molecule has 1 N–H and O–H groups in total. The molecule has 0 aliphatic carbocycles. The Labute approximate surface area is 103 Å². The third-order valence-electron chi connectivity index (χ3n) is 2.53. The van der Waals surface area contributed by atoms with Gasteiger partial charge in [0.2, 0.25) is 0 Å². The number of rotatable bonds is 2. The number of hydrogen-bond donors (Lipinski definition) is 1. The minimum absolute atomic E-state index is 0.605. The molecular formula is C11H15BrN2S. The number of anilines is 1. The molecule has 2 heterocycles. The number of hydrogen-bond acceptors (Lipinski definition) is 3. The molecule has 1 fully saturated rings. The van der Waals surface area contributed by atoms with Gasteiger partial charge in [0, 0.05) is 16.7 Å². The number of nitrogens with one attached hydrogen (secondary N) is 1. The molecule has 15 heavy (non-hydrogen) atoms. The lowest BCUT2D eigenvalue weighted by Crippen LogP contribution is -2.19. The van der Waals surface area contributed by atoms with Crippen LogP contribution in [0.15, 0.2) is 22.8 Å². The molecule has 0 aromatic carbocycles. The monoisotopic (exact) mass is 286 g/mol. The molecule has 1 aromatic rings. The third-order valence-corrected chi connectivity index (χ3v) is 4.10. The van der Waals surface area contributed by atoms with Crippen molar-refractivity contribution in [3.05, 3.63) is 22.8 Å². The van der Waals surface area contributed by atoms with E-state index < -0.39 is 0 Å². The Hall–Kier alpha value is -0.220. The van der Waals surface area contributed by atoms with Gasteiger partial charge in [0.25, 0.3) is 0 Å². The largest absolute Gasteiger partial charge is 0.367 e. The van der Waals surface area contributed by atoms with E-state index in [1.807, 2.05) is 18.3 Å². The lowest BCUT2D eigenvalue weighted by Gasteiger charge is -2.16. The van der Waals surface area contributed by atoms with E-state index in [1.54, 1.807) is 0 Å². The fourth-order valence-corrected chi connectivity index (χ4v) is 2.98. The highest BCUT2D eigenvalue weighted by Gasteiger charge is 2.12. The highest BCUT2D eigenvalue weighted by atomic mass is 79.9. The maximum Gasteiger partial charge on any atom is 0.126 e. The number of halogens is 1. The summed E-state index contributed by atoms with van der Waals surface area (Å²) in [4.78, 5) is 4.34.